The van der Waals surface area contributed by atoms with Crippen LogP contribution in [0.4, 0.5) is 17.1 Å². The number of unbranched alkanes of at least 4 members (excludes halogenated alkanes) is 4. The molecule has 0 spiro atoms. The number of nitrogens with zero attached hydrogens (tertiary/aromatic N) is 1. The van der Waals surface area contributed by atoms with Gasteiger partial charge in [0.1, 0.15) is 11.5 Å². The van der Waals surface area contributed by atoms with Crippen LogP contribution in [0.15, 0.2) is 121 Å². The van der Waals surface area contributed by atoms with Crippen molar-refractivity contribution < 1.29 is 19.7 Å². The van der Waals surface area contributed by atoms with E-state index in [2.05, 4.69) is 111 Å². The number of hydrogen-bond donors (Lipinski definition) is 2. The number of benzene rings is 5. The van der Waals surface area contributed by atoms with Crippen molar-refractivity contribution in [2.24, 2.45) is 0 Å². The van der Waals surface area contributed by atoms with Gasteiger partial charge in [-0.15, -0.1) is 0 Å². The van der Waals surface area contributed by atoms with Gasteiger partial charge in [-0.3, -0.25) is 0 Å². The maximum atomic E-state index is 10.4. The molecule has 0 fully saturated rings. The molecule has 0 aliphatic carbocycles. The molecule has 0 bridgehead atoms. The molecule has 0 aliphatic heterocycles. The Balaban J connectivity index is 1.44. The first kappa shape index (κ1) is 37.4. The Kier molecular flexibility index (Phi) is 13.9. The molecule has 5 heteroatoms. The maximum Gasteiger partial charge on any atom is 0.197 e. The first-order valence-corrected chi connectivity index (χ1v) is 18.5. The lowest BCUT2D eigenvalue weighted by atomic mass is 9.95. The minimum atomic E-state index is -0.819. The minimum absolute atomic E-state index is 0.615. The molecule has 5 aromatic rings. The molecule has 2 atom stereocenters. The lowest BCUT2D eigenvalue weighted by molar-refractivity contribution is -0.0250. The SMILES string of the molecule is CCCCCC(O)Oc1ccc(C(=Cc2ccc(N(c3ccc(C)cc3)c3ccc(C)cc3)cc2)c2ccc(OC(O)CCCCC)cc2)cc1. The average molecular weight is 684 g/mol. The van der Waals surface area contributed by atoms with Crippen LogP contribution in [0.1, 0.15) is 93.0 Å². The normalized spacial score (nSPS) is 12.2. The zero-order valence-electron chi connectivity index (χ0n) is 30.6. The molecule has 0 aromatic heterocycles. The summed E-state index contributed by atoms with van der Waals surface area (Å²) < 4.78 is 11.6. The van der Waals surface area contributed by atoms with E-state index in [1.54, 1.807) is 0 Å². The predicted octanol–water partition coefficient (Wildman–Crippen LogP) is 11.9. The number of hydrogen-bond acceptors (Lipinski definition) is 5. The number of aliphatic hydroxyl groups is 2. The predicted molar refractivity (Wildman–Crippen MR) is 212 cm³/mol. The molecule has 2 unspecified atom stereocenters. The Morgan fingerprint density at radius 3 is 1.27 bits per heavy atom. The summed E-state index contributed by atoms with van der Waals surface area (Å²) >= 11 is 0. The molecular weight excluding hydrogens is 631 g/mol. The van der Waals surface area contributed by atoms with E-state index in [9.17, 15) is 10.2 Å². The summed E-state index contributed by atoms with van der Waals surface area (Å²) in [4.78, 5) is 2.28. The van der Waals surface area contributed by atoms with E-state index in [0.29, 0.717) is 24.3 Å². The van der Waals surface area contributed by atoms with Crippen LogP contribution in [0, 0.1) is 13.8 Å². The molecule has 0 aliphatic rings. The molecule has 0 saturated carbocycles. The number of rotatable bonds is 18. The lowest BCUT2D eigenvalue weighted by Crippen LogP contribution is -2.15. The Morgan fingerprint density at radius 2 is 0.902 bits per heavy atom. The number of aliphatic hydroxyl groups excluding tert-OH is 2. The van der Waals surface area contributed by atoms with Crippen molar-refractivity contribution in [1.29, 1.82) is 0 Å². The van der Waals surface area contributed by atoms with Crippen LogP contribution in [0.2, 0.25) is 0 Å². The molecule has 2 N–H and O–H groups in total. The molecule has 5 aromatic carbocycles. The molecule has 51 heavy (non-hydrogen) atoms. The second-order valence-corrected chi connectivity index (χ2v) is 13.3. The maximum absolute atomic E-state index is 10.4. The highest BCUT2D eigenvalue weighted by Crippen LogP contribution is 2.36. The van der Waals surface area contributed by atoms with Gasteiger partial charge in [-0.05, 0) is 116 Å². The molecule has 0 heterocycles. The minimum Gasteiger partial charge on any atom is -0.465 e. The van der Waals surface area contributed by atoms with Crippen LogP contribution < -0.4 is 14.4 Å². The highest BCUT2D eigenvalue weighted by molar-refractivity contribution is 5.92. The molecule has 0 saturated heterocycles. The Hall–Kier alpha value is -4.84. The van der Waals surface area contributed by atoms with Crippen molar-refractivity contribution in [1.82, 2.24) is 0 Å². The van der Waals surface area contributed by atoms with Crippen molar-refractivity contribution >= 4 is 28.7 Å². The smallest absolute Gasteiger partial charge is 0.197 e. The Labute approximate surface area is 304 Å². The third kappa shape index (κ3) is 11.1. The van der Waals surface area contributed by atoms with Gasteiger partial charge in [0.25, 0.3) is 0 Å². The van der Waals surface area contributed by atoms with Gasteiger partial charge >= 0.3 is 0 Å². The zero-order chi connectivity index (χ0) is 36.0. The second kappa shape index (κ2) is 19.0. The van der Waals surface area contributed by atoms with Gasteiger partial charge in [0, 0.05) is 29.9 Å². The quantitative estimate of drug-likeness (QED) is 0.0547. The molecule has 0 amide bonds. The van der Waals surface area contributed by atoms with Crippen molar-refractivity contribution in [2.75, 3.05) is 4.90 Å². The Morgan fingerprint density at radius 1 is 0.529 bits per heavy atom. The van der Waals surface area contributed by atoms with Crippen LogP contribution in [0.3, 0.4) is 0 Å². The summed E-state index contributed by atoms with van der Waals surface area (Å²) in [6.45, 7) is 8.51. The van der Waals surface area contributed by atoms with Gasteiger partial charge in [0.15, 0.2) is 12.6 Å². The number of anilines is 3. The summed E-state index contributed by atoms with van der Waals surface area (Å²) in [7, 11) is 0. The average Bonchev–Trinajstić information content (AvgIpc) is 3.14. The van der Waals surface area contributed by atoms with E-state index in [1.165, 1.54) is 11.1 Å². The first-order valence-electron chi connectivity index (χ1n) is 18.5. The highest BCUT2D eigenvalue weighted by atomic mass is 16.6. The summed E-state index contributed by atoms with van der Waals surface area (Å²) in [5.74, 6) is 1.28. The van der Waals surface area contributed by atoms with Gasteiger partial charge in [0.2, 0.25) is 0 Å². The number of aryl methyl sites for hydroxylation is 2. The lowest BCUT2D eigenvalue weighted by Gasteiger charge is -2.26. The van der Waals surface area contributed by atoms with Crippen LogP contribution >= 0.6 is 0 Å². The van der Waals surface area contributed by atoms with Gasteiger partial charge in [0.05, 0.1) is 0 Å². The third-order valence-electron chi connectivity index (χ3n) is 9.03. The van der Waals surface area contributed by atoms with E-state index >= 15 is 0 Å². The fraction of sp³-hybridized carbons (Fsp3) is 0.304. The van der Waals surface area contributed by atoms with Crippen LogP contribution in [-0.2, 0) is 0 Å². The number of ether oxygens (including phenoxy) is 2. The van der Waals surface area contributed by atoms with Crippen molar-refractivity contribution in [2.45, 2.75) is 91.6 Å². The monoisotopic (exact) mass is 683 g/mol. The fourth-order valence-corrected chi connectivity index (χ4v) is 6.05. The van der Waals surface area contributed by atoms with Gasteiger partial charge < -0.3 is 24.6 Å². The van der Waals surface area contributed by atoms with Gasteiger partial charge in [-0.25, -0.2) is 0 Å². The van der Waals surface area contributed by atoms with Gasteiger partial charge in [-0.1, -0.05) is 111 Å². The van der Waals surface area contributed by atoms with Gasteiger partial charge in [-0.2, -0.15) is 0 Å². The van der Waals surface area contributed by atoms with Crippen LogP contribution in [0.25, 0.3) is 11.6 Å². The molecular formula is C46H53NO4. The van der Waals surface area contributed by atoms with E-state index < -0.39 is 12.6 Å². The van der Waals surface area contributed by atoms with Crippen molar-refractivity contribution in [3.05, 3.63) is 149 Å². The van der Waals surface area contributed by atoms with Crippen LogP contribution in [-0.4, -0.2) is 22.8 Å². The zero-order valence-corrected chi connectivity index (χ0v) is 30.6. The standard InChI is InChI=1S/C46H53NO4/c1-5-7-9-11-45(48)50-42-29-19-37(20-30-42)44(38-21-31-43(32-22-38)51-46(49)12-10-8-6-2)33-36-17-27-41(28-18-36)47(39-23-13-34(3)14-24-39)40-25-15-35(4)16-26-40/h13-33,45-46,48-49H,5-12H2,1-4H3. The van der Waals surface area contributed by atoms with E-state index in [0.717, 1.165) is 77.9 Å². The Bertz CT molecular complexity index is 1670. The molecule has 0 radical (unpaired) electrons. The summed E-state index contributed by atoms with van der Waals surface area (Å²) in [5.41, 5.74) is 9.83. The van der Waals surface area contributed by atoms with E-state index in [4.69, 9.17) is 9.47 Å². The molecule has 266 valence electrons. The van der Waals surface area contributed by atoms with Crippen LogP contribution in [0.5, 0.6) is 11.5 Å². The molecule has 5 nitrogen and oxygen atoms in total. The summed E-state index contributed by atoms with van der Waals surface area (Å²) in [6.07, 6.45) is 8.01. The summed E-state index contributed by atoms with van der Waals surface area (Å²) in [6, 6.07) is 41.7. The van der Waals surface area contributed by atoms with Crippen molar-refractivity contribution in [3.63, 3.8) is 0 Å². The van der Waals surface area contributed by atoms with E-state index in [-0.39, 0.29) is 0 Å². The summed E-state index contributed by atoms with van der Waals surface area (Å²) in [5, 5.41) is 20.8. The van der Waals surface area contributed by atoms with Crippen molar-refractivity contribution in [3.8, 4) is 11.5 Å². The fourth-order valence-electron chi connectivity index (χ4n) is 6.05. The topological polar surface area (TPSA) is 62.2 Å². The van der Waals surface area contributed by atoms with E-state index in [1.807, 2.05) is 48.5 Å². The largest absolute Gasteiger partial charge is 0.465 e. The first-order chi connectivity index (χ1) is 24.8. The highest BCUT2D eigenvalue weighted by Gasteiger charge is 2.14. The third-order valence-corrected chi connectivity index (χ3v) is 9.03. The second-order valence-electron chi connectivity index (χ2n) is 13.3. The molecule has 5 rings (SSSR count).